The van der Waals surface area contributed by atoms with Gasteiger partial charge in [-0.1, -0.05) is 37.3 Å². The fraction of sp³-hybridized carbons (Fsp3) is 0.308. The van der Waals surface area contributed by atoms with Crippen molar-refractivity contribution in [3.63, 3.8) is 0 Å². The normalized spacial score (nSPS) is 14.7. The Morgan fingerprint density at radius 1 is 1.25 bits per heavy atom. The maximum atomic E-state index is 10.2. The molecule has 1 aromatic carbocycles. The molecule has 1 N–H and O–H groups in total. The molecule has 2 rings (SSSR count). The molecule has 2 aromatic rings. The quantitative estimate of drug-likeness (QED) is 0.854. The van der Waals surface area contributed by atoms with Crippen LogP contribution in [0, 0.1) is 0 Å². The summed E-state index contributed by atoms with van der Waals surface area (Å²) in [7, 11) is 1.89. The van der Waals surface area contributed by atoms with Crippen molar-refractivity contribution < 1.29 is 5.11 Å². The van der Waals surface area contributed by atoms with E-state index in [4.69, 9.17) is 0 Å². The van der Waals surface area contributed by atoms with E-state index >= 15 is 0 Å². The summed E-state index contributed by atoms with van der Waals surface area (Å²) in [6.07, 6.45) is 2.98. The van der Waals surface area contributed by atoms with Gasteiger partial charge in [-0.2, -0.15) is 0 Å². The third-order valence-electron chi connectivity index (χ3n) is 2.92. The summed E-state index contributed by atoms with van der Waals surface area (Å²) in [5.74, 6) is 0.749. The standard InChI is InChI=1S/C13H16N2O/c1-10(11-6-4-3-5-7-11)12(16)13-14-8-9-15(13)2/h3-10,12,16H,1-2H3. The second-order valence-electron chi connectivity index (χ2n) is 4.04. The molecule has 1 heterocycles. The molecule has 0 bridgehead atoms. The van der Waals surface area contributed by atoms with Gasteiger partial charge in [0.15, 0.2) is 0 Å². The van der Waals surface area contributed by atoms with Gasteiger partial charge in [-0.05, 0) is 5.56 Å². The van der Waals surface area contributed by atoms with Crippen LogP contribution in [0.5, 0.6) is 0 Å². The number of hydrogen-bond donors (Lipinski definition) is 1. The van der Waals surface area contributed by atoms with Crippen molar-refractivity contribution in [2.24, 2.45) is 7.05 Å². The molecule has 1 aromatic heterocycles. The molecule has 0 saturated heterocycles. The number of rotatable bonds is 3. The van der Waals surface area contributed by atoms with Crippen LogP contribution in [0.1, 0.15) is 30.3 Å². The maximum Gasteiger partial charge on any atom is 0.137 e. The smallest absolute Gasteiger partial charge is 0.137 e. The summed E-state index contributed by atoms with van der Waals surface area (Å²) in [5.41, 5.74) is 1.12. The van der Waals surface area contributed by atoms with Crippen molar-refractivity contribution in [1.29, 1.82) is 0 Å². The lowest BCUT2D eigenvalue weighted by molar-refractivity contribution is 0.139. The van der Waals surface area contributed by atoms with E-state index < -0.39 is 6.10 Å². The molecular weight excluding hydrogens is 200 g/mol. The lowest BCUT2D eigenvalue weighted by atomic mass is 9.95. The van der Waals surface area contributed by atoms with E-state index in [2.05, 4.69) is 4.98 Å². The highest BCUT2D eigenvalue weighted by Gasteiger charge is 2.21. The molecule has 2 unspecified atom stereocenters. The van der Waals surface area contributed by atoms with Crippen LogP contribution in [0.3, 0.4) is 0 Å². The highest BCUT2D eigenvalue weighted by molar-refractivity contribution is 5.21. The minimum atomic E-state index is -0.567. The van der Waals surface area contributed by atoms with Gasteiger partial charge in [0, 0.05) is 25.4 Å². The molecule has 0 aliphatic heterocycles. The third kappa shape index (κ3) is 1.99. The predicted molar refractivity (Wildman–Crippen MR) is 63.0 cm³/mol. The van der Waals surface area contributed by atoms with Gasteiger partial charge in [0.05, 0.1) is 0 Å². The Labute approximate surface area is 95.4 Å². The number of imidazole rings is 1. The Hall–Kier alpha value is -1.61. The lowest BCUT2D eigenvalue weighted by Crippen LogP contribution is -2.12. The zero-order valence-corrected chi connectivity index (χ0v) is 9.54. The van der Waals surface area contributed by atoms with Crippen molar-refractivity contribution in [2.75, 3.05) is 0 Å². The van der Waals surface area contributed by atoms with Crippen LogP contribution in [0.4, 0.5) is 0 Å². The summed E-state index contributed by atoms with van der Waals surface area (Å²) in [6, 6.07) is 9.99. The van der Waals surface area contributed by atoms with Crippen LogP contribution in [-0.4, -0.2) is 14.7 Å². The van der Waals surface area contributed by atoms with Crippen molar-refractivity contribution in [2.45, 2.75) is 18.9 Å². The van der Waals surface area contributed by atoms with E-state index in [9.17, 15) is 5.11 Å². The molecule has 0 saturated carbocycles. The lowest BCUT2D eigenvalue weighted by Gasteiger charge is -2.18. The summed E-state index contributed by atoms with van der Waals surface area (Å²) in [4.78, 5) is 4.18. The first-order valence-electron chi connectivity index (χ1n) is 5.40. The molecule has 0 fully saturated rings. The topological polar surface area (TPSA) is 38.1 Å². The first kappa shape index (κ1) is 10.9. The van der Waals surface area contributed by atoms with Gasteiger partial charge in [-0.15, -0.1) is 0 Å². The first-order valence-corrected chi connectivity index (χ1v) is 5.40. The Kier molecular flexibility index (Phi) is 3.06. The van der Waals surface area contributed by atoms with E-state index in [0.717, 1.165) is 5.56 Å². The Morgan fingerprint density at radius 3 is 2.50 bits per heavy atom. The van der Waals surface area contributed by atoms with Crippen LogP contribution in [0.2, 0.25) is 0 Å². The van der Waals surface area contributed by atoms with Crippen molar-refractivity contribution in [1.82, 2.24) is 9.55 Å². The summed E-state index contributed by atoms with van der Waals surface area (Å²) < 4.78 is 1.85. The van der Waals surface area contributed by atoms with Gasteiger partial charge in [-0.25, -0.2) is 4.98 Å². The SMILES string of the molecule is CC(c1ccccc1)C(O)c1nccn1C. The van der Waals surface area contributed by atoms with Crippen molar-refractivity contribution >= 4 is 0 Å². The molecule has 3 heteroatoms. The Balaban J connectivity index is 2.23. The fourth-order valence-electron chi connectivity index (χ4n) is 1.82. The van der Waals surface area contributed by atoms with Crippen LogP contribution < -0.4 is 0 Å². The average Bonchev–Trinajstić information content (AvgIpc) is 2.75. The van der Waals surface area contributed by atoms with Gasteiger partial charge >= 0.3 is 0 Å². The van der Waals surface area contributed by atoms with E-state index in [1.54, 1.807) is 6.20 Å². The molecule has 0 amide bonds. The minimum Gasteiger partial charge on any atom is -0.385 e. The molecule has 2 atom stereocenters. The van der Waals surface area contributed by atoms with Crippen molar-refractivity contribution in [3.05, 3.63) is 54.1 Å². The number of hydrogen-bond acceptors (Lipinski definition) is 2. The second kappa shape index (κ2) is 4.49. The predicted octanol–water partition coefficient (Wildman–Crippen LogP) is 2.26. The van der Waals surface area contributed by atoms with Gasteiger partial charge in [0.2, 0.25) is 0 Å². The third-order valence-corrected chi connectivity index (χ3v) is 2.92. The van der Waals surface area contributed by atoms with E-state index in [-0.39, 0.29) is 5.92 Å². The van der Waals surface area contributed by atoms with Crippen LogP contribution in [0.15, 0.2) is 42.7 Å². The second-order valence-corrected chi connectivity index (χ2v) is 4.04. The van der Waals surface area contributed by atoms with Gasteiger partial charge < -0.3 is 9.67 Å². The summed E-state index contributed by atoms with van der Waals surface area (Å²) in [5, 5.41) is 10.2. The number of benzene rings is 1. The molecule has 0 spiro atoms. The molecular formula is C13H16N2O. The first-order chi connectivity index (χ1) is 7.70. The minimum absolute atomic E-state index is 0.0438. The molecule has 0 aliphatic rings. The molecule has 0 aliphatic carbocycles. The Morgan fingerprint density at radius 2 is 1.94 bits per heavy atom. The van der Waals surface area contributed by atoms with Crippen LogP contribution in [0.25, 0.3) is 0 Å². The van der Waals surface area contributed by atoms with Gasteiger partial charge in [0.25, 0.3) is 0 Å². The summed E-state index contributed by atoms with van der Waals surface area (Å²) >= 11 is 0. The molecule has 3 nitrogen and oxygen atoms in total. The zero-order chi connectivity index (χ0) is 11.5. The number of nitrogens with zero attached hydrogens (tertiary/aromatic N) is 2. The summed E-state index contributed by atoms with van der Waals surface area (Å²) in [6.45, 7) is 2.01. The largest absolute Gasteiger partial charge is 0.385 e. The monoisotopic (exact) mass is 216 g/mol. The van der Waals surface area contributed by atoms with Crippen LogP contribution in [-0.2, 0) is 7.05 Å². The maximum absolute atomic E-state index is 10.2. The van der Waals surface area contributed by atoms with E-state index in [1.165, 1.54) is 0 Å². The number of aromatic nitrogens is 2. The van der Waals surface area contributed by atoms with Crippen molar-refractivity contribution in [3.8, 4) is 0 Å². The Bertz CT molecular complexity index is 450. The number of aliphatic hydroxyl groups excluding tert-OH is 1. The van der Waals surface area contributed by atoms with E-state index in [0.29, 0.717) is 5.82 Å². The number of aliphatic hydroxyl groups is 1. The van der Waals surface area contributed by atoms with E-state index in [1.807, 2.05) is 55.1 Å². The molecule has 84 valence electrons. The fourth-order valence-corrected chi connectivity index (χ4v) is 1.82. The van der Waals surface area contributed by atoms with Gasteiger partial charge in [0.1, 0.15) is 11.9 Å². The van der Waals surface area contributed by atoms with Gasteiger partial charge in [-0.3, -0.25) is 0 Å². The molecule has 0 radical (unpaired) electrons. The highest BCUT2D eigenvalue weighted by atomic mass is 16.3. The average molecular weight is 216 g/mol. The molecule has 16 heavy (non-hydrogen) atoms. The van der Waals surface area contributed by atoms with Crippen LogP contribution >= 0.6 is 0 Å². The highest BCUT2D eigenvalue weighted by Crippen LogP contribution is 2.28. The number of aryl methyl sites for hydroxylation is 1. The zero-order valence-electron chi connectivity index (χ0n) is 9.54.